The predicted octanol–water partition coefficient (Wildman–Crippen LogP) is 3.24. The third-order valence-electron chi connectivity index (χ3n) is 0.986. The van der Waals surface area contributed by atoms with E-state index >= 15 is 0 Å². The Labute approximate surface area is 54.3 Å². The minimum absolute atomic E-state index is 0. The summed E-state index contributed by atoms with van der Waals surface area (Å²) in [7, 11) is 0. The first-order chi connectivity index (χ1) is 3.41. The van der Waals surface area contributed by atoms with Crippen molar-refractivity contribution in [2.75, 3.05) is 0 Å². The smallest absolute Gasteiger partial charge is 0.0467 e. The summed E-state index contributed by atoms with van der Waals surface area (Å²) < 4.78 is 0. The van der Waals surface area contributed by atoms with Crippen molar-refractivity contribution in [1.29, 1.82) is 0 Å². The van der Waals surface area contributed by atoms with Gasteiger partial charge in [0.1, 0.15) is 0 Å². The fourth-order valence-electron chi connectivity index (χ4n) is 0.553. The molecule has 0 fully saturated rings. The largest absolute Gasteiger partial charge is 0.329 e. The lowest BCUT2D eigenvalue weighted by molar-refractivity contribution is 0.796. The van der Waals surface area contributed by atoms with Gasteiger partial charge in [-0.25, -0.2) is 0 Å². The predicted molar refractivity (Wildman–Crippen MR) is 40.5 cm³/mol. The van der Waals surface area contributed by atoms with E-state index < -0.39 is 0 Å². The van der Waals surface area contributed by atoms with E-state index in [9.17, 15) is 0 Å². The van der Waals surface area contributed by atoms with E-state index in [4.69, 9.17) is 0 Å². The Kier molecular flexibility index (Phi) is 13.4. The van der Waals surface area contributed by atoms with Crippen molar-refractivity contribution < 1.29 is 0 Å². The Morgan fingerprint density at radius 1 is 1.00 bits per heavy atom. The van der Waals surface area contributed by atoms with Gasteiger partial charge >= 0.3 is 0 Å². The van der Waals surface area contributed by atoms with Crippen LogP contribution in [0.5, 0.6) is 0 Å². The SMILES string of the molecule is CCC[CH-]CCC.[CH3+]. The lowest BCUT2D eigenvalue weighted by Gasteiger charge is -2.04. The lowest BCUT2D eigenvalue weighted by Crippen LogP contribution is -1.72. The van der Waals surface area contributed by atoms with E-state index in [0.29, 0.717) is 0 Å². The first kappa shape index (κ1) is 10.8. The Morgan fingerprint density at radius 3 is 1.62 bits per heavy atom. The van der Waals surface area contributed by atoms with Crippen molar-refractivity contribution in [3.05, 3.63) is 13.8 Å². The molecule has 50 valence electrons. The summed E-state index contributed by atoms with van der Waals surface area (Å²) in [5.41, 5.74) is 0. The molecular formula is C8H18. The van der Waals surface area contributed by atoms with Crippen LogP contribution in [0.15, 0.2) is 0 Å². The molecule has 0 aromatic carbocycles. The van der Waals surface area contributed by atoms with Gasteiger partial charge in [-0.15, -0.1) is 0 Å². The van der Waals surface area contributed by atoms with Gasteiger partial charge in [-0.1, -0.05) is 26.7 Å². The third-order valence-corrected chi connectivity index (χ3v) is 0.986. The van der Waals surface area contributed by atoms with Gasteiger partial charge in [0.25, 0.3) is 0 Å². The number of unbranched alkanes of at least 4 members (excludes halogenated alkanes) is 4. The zero-order valence-corrected chi connectivity index (χ0v) is 6.41. The van der Waals surface area contributed by atoms with Crippen LogP contribution >= 0.6 is 0 Å². The highest BCUT2D eigenvalue weighted by atomic mass is 13.9. The molecule has 0 atom stereocenters. The van der Waals surface area contributed by atoms with Crippen molar-refractivity contribution in [3.63, 3.8) is 0 Å². The van der Waals surface area contributed by atoms with Gasteiger partial charge in [-0.2, -0.15) is 12.8 Å². The van der Waals surface area contributed by atoms with Crippen molar-refractivity contribution in [2.45, 2.75) is 39.5 Å². The summed E-state index contributed by atoms with van der Waals surface area (Å²) in [5, 5.41) is 0. The lowest BCUT2D eigenvalue weighted by atomic mass is 10.2. The minimum Gasteiger partial charge on any atom is -0.329 e. The average molecular weight is 114 g/mol. The van der Waals surface area contributed by atoms with E-state index in [1.807, 2.05) is 0 Å². The first-order valence-corrected chi connectivity index (χ1v) is 3.23. The maximum atomic E-state index is 2.36. The Hall–Kier alpha value is -0.130. The van der Waals surface area contributed by atoms with Crippen LogP contribution in [0.2, 0.25) is 0 Å². The topological polar surface area (TPSA) is 0 Å². The average Bonchev–Trinajstić information content (AvgIpc) is 1.69. The molecule has 0 heterocycles. The summed E-state index contributed by atoms with van der Waals surface area (Å²) >= 11 is 0. The molecule has 0 aliphatic heterocycles. The Balaban J connectivity index is 0. The quantitative estimate of drug-likeness (QED) is 0.389. The van der Waals surface area contributed by atoms with Crippen molar-refractivity contribution in [1.82, 2.24) is 0 Å². The van der Waals surface area contributed by atoms with E-state index in [2.05, 4.69) is 20.3 Å². The molecule has 0 aliphatic carbocycles. The molecule has 0 rings (SSSR count). The normalized spacial score (nSPS) is 8.25. The minimum atomic E-state index is 0. The molecule has 0 bridgehead atoms. The first-order valence-electron chi connectivity index (χ1n) is 3.23. The second-order valence-electron chi connectivity index (χ2n) is 1.87. The summed E-state index contributed by atoms with van der Waals surface area (Å²) in [6.45, 7) is 4.43. The monoisotopic (exact) mass is 114 g/mol. The molecule has 0 saturated heterocycles. The number of hydrogen-bond donors (Lipinski definition) is 0. The van der Waals surface area contributed by atoms with E-state index in [1.54, 1.807) is 0 Å². The Bertz CT molecular complexity index is 19.2. The molecule has 0 unspecified atom stereocenters. The molecule has 0 heteroatoms. The summed E-state index contributed by atoms with van der Waals surface area (Å²) in [6.07, 6.45) is 7.57. The van der Waals surface area contributed by atoms with Crippen LogP contribution in [0.25, 0.3) is 0 Å². The van der Waals surface area contributed by atoms with Gasteiger partial charge in [0, 0.05) is 7.43 Å². The maximum absolute atomic E-state index is 2.36. The number of hydrogen-bond acceptors (Lipinski definition) is 0. The van der Waals surface area contributed by atoms with Crippen molar-refractivity contribution in [3.8, 4) is 0 Å². The van der Waals surface area contributed by atoms with Gasteiger partial charge in [-0.05, 0) is 0 Å². The fourth-order valence-corrected chi connectivity index (χ4v) is 0.553. The summed E-state index contributed by atoms with van der Waals surface area (Å²) in [4.78, 5) is 0. The van der Waals surface area contributed by atoms with Gasteiger partial charge in [-0.3, -0.25) is 0 Å². The molecule has 0 aliphatic rings. The molecule has 0 N–H and O–H groups in total. The van der Waals surface area contributed by atoms with E-state index in [1.165, 1.54) is 25.7 Å². The van der Waals surface area contributed by atoms with Crippen LogP contribution in [-0.2, 0) is 0 Å². The second-order valence-corrected chi connectivity index (χ2v) is 1.87. The van der Waals surface area contributed by atoms with E-state index in [0.717, 1.165) is 0 Å². The molecule has 0 saturated carbocycles. The molecular weight excluding hydrogens is 96.1 g/mol. The third kappa shape index (κ3) is 9.30. The highest BCUT2D eigenvalue weighted by Crippen LogP contribution is 1.98. The summed E-state index contributed by atoms with van der Waals surface area (Å²) in [6, 6.07) is 0. The molecule has 0 radical (unpaired) electrons. The maximum Gasteiger partial charge on any atom is 0.0467 e. The van der Waals surface area contributed by atoms with Crippen LogP contribution in [0.4, 0.5) is 0 Å². The Morgan fingerprint density at radius 2 is 1.38 bits per heavy atom. The van der Waals surface area contributed by atoms with E-state index in [-0.39, 0.29) is 7.43 Å². The molecule has 0 spiro atoms. The zero-order valence-electron chi connectivity index (χ0n) is 6.41. The van der Waals surface area contributed by atoms with Crippen LogP contribution in [0.3, 0.4) is 0 Å². The van der Waals surface area contributed by atoms with Crippen molar-refractivity contribution in [2.24, 2.45) is 0 Å². The molecule has 0 amide bonds. The van der Waals surface area contributed by atoms with Gasteiger partial charge in [0.05, 0.1) is 0 Å². The number of rotatable bonds is 4. The highest BCUT2D eigenvalue weighted by molar-refractivity contribution is 4.60. The molecule has 0 aromatic heterocycles. The fraction of sp³-hybridized carbons (Fsp3) is 0.750. The van der Waals surface area contributed by atoms with Gasteiger partial charge < -0.3 is 6.42 Å². The van der Waals surface area contributed by atoms with Crippen molar-refractivity contribution >= 4 is 0 Å². The van der Waals surface area contributed by atoms with Gasteiger partial charge in [0.15, 0.2) is 0 Å². The highest BCUT2D eigenvalue weighted by Gasteiger charge is 1.67. The zero-order chi connectivity index (χ0) is 5.54. The molecule has 0 nitrogen and oxygen atoms in total. The van der Waals surface area contributed by atoms with Crippen LogP contribution in [0, 0.1) is 13.8 Å². The van der Waals surface area contributed by atoms with Crippen LogP contribution in [0.1, 0.15) is 39.5 Å². The van der Waals surface area contributed by atoms with Gasteiger partial charge in [0.2, 0.25) is 0 Å². The second kappa shape index (κ2) is 9.98. The molecule has 0 aromatic rings. The van der Waals surface area contributed by atoms with Crippen LogP contribution < -0.4 is 0 Å². The molecule has 8 heavy (non-hydrogen) atoms. The van der Waals surface area contributed by atoms with Crippen LogP contribution in [-0.4, -0.2) is 0 Å². The summed E-state index contributed by atoms with van der Waals surface area (Å²) in [5.74, 6) is 0. The standard InChI is InChI=1S/C7H15.CH3/c1-3-5-7-6-4-2;/h7H,3-6H2,1-2H3;1H3/q-1;+1.